The van der Waals surface area contributed by atoms with Crippen molar-refractivity contribution in [1.82, 2.24) is 4.90 Å². The minimum atomic E-state index is 0.235. The summed E-state index contributed by atoms with van der Waals surface area (Å²) >= 11 is 0. The van der Waals surface area contributed by atoms with Crippen LogP contribution in [-0.2, 0) is 0 Å². The molecule has 1 N–H and O–H groups in total. The minimum Gasteiger partial charge on any atom is -0.486 e. The molecule has 0 radical (unpaired) electrons. The molecule has 4 nitrogen and oxygen atoms in total. The molecule has 98 valence electrons. The van der Waals surface area contributed by atoms with E-state index in [-0.39, 0.29) is 6.61 Å². The lowest BCUT2D eigenvalue weighted by Crippen LogP contribution is -2.24. The van der Waals surface area contributed by atoms with Crippen LogP contribution in [0.5, 0.6) is 11.5 Å². The summed E-state index contributed by atoms with van der Waals surface area (Å²) in [7, 11) is 0. The zero-order chi connectivity index (χ0) is 12.4. The second-order valence-electron chi connectivity index (χ2n) is 4.88. The molecule has 1 atom stereocenters. The van der Waals surface area contributed by atoms with Crippen molar-refractivity contribution in [1.29, 1.82) is 0 Å². The third kappa shape index (κ3) is 2.18. The average Bonchev–Trinajstić information content (AvgIpc) is 2.87. The molecule has 0 aliphatic carbocycles. The Morgan fingerprint density at radius 1 is 1.28 bits per heavy atom. The van der Waals surface area contributed by atoms with E-state index in [0.29, 0.717) is 19.1 Å². The number of likely N-dealkylation sites (tertiary alicyclic amines) is 1. The smallest absolute Gasteiger partial charge is 0.164 e. The predicted octanol–water partition coefficient (Wildman–Crippen LogP) is 1.24. The van der Waals surface area contributed by atoms with Crippen molar-refractivity contribution in [3.05, 3.63) is 23.8 Å². The Morgan fingerprint density at radius 2 is 2.17 bits per heavy atom. The van der Waals surface area contributed by atoms with E-state index >= 15 is 0 Å². The van der Waals surface area contributed by atoms with E-state index in [4.69, 9.17) is 14.6 Å². The number of benzene rings is 1. The summed E-state index contributed by atoms with van der Waals surface area (Å²) in [6, 6.07) is 6.15. The van der Waals surface area contributed by atoms with Gasteiger partial charge >= 0.3 is 0 Å². The number of aliphatic hydroxyl groups excluding tert-OH is 1. The van der Waals surface area contributed by atoms with Crippen LogP contribution in [0.25, 0.3) is 0 Å². The van der Waals surface area contributed by atoms with Gasteiger partial charge in [0.05, 0.1) is 6.61 Å². The Bertz CT molecular complexity index is 422. The van der Waals surface area contributed by atoms with Crippen LogP contribution >= 0.6 is 0 Å². The molecule has 2 aliphatic rings. The first kappa shape index (κ1) is 11.8. The largest absolute Gasteiger partial charge is 0.486 e. The minimum absolute atomic E-state index is 0.235. The molecule has 0 saturated carbocycles. The molecular formula is C14H19NO3. The van der Waals surface area contributed by atoms with E-state index in [9.17, 15) is 0 Å². The second-order valence-corrected chi connectivity index (χ2v) is 4.88. The van der Waals surface area contributed by atoms with E-state index < -0.39 is 0 Å². The van der Waals surface area contributed by atoms with Gasteiger partial charge in [0.2, 0.25) is 0 Å². The van der Waals surface area contributed by atoms with Gasteiger partial charge in [0, 0.05) is 24.6 Å². The molecule has 2 aliphatic heterocycles. The van der Waals surface area contributed by atoms with Crippen LogP contribution < -0.4 is 9.47 Å². The summed E-state index contributed by atoms with van der Waals surface area (Å²) in [6.07, 6.45) is 1.12. The molecule has 4 heteroatoms. The van der Waals surface area contributed by atoms with Gasteiger partial charge in [0.15, 0.2) is 11.5 Å². The molecule has 2 heterocycles. The summed E-state index contributed by atoms with van der Waals surface area (Å²) in [5.74, 6) is 2.30. The van der Waals surface area contributed by atoms with Gasteiger partial charge in [-0.15, -0.1) is 0 Å². The highest BCUT2D eigenvalue weighted by Gasteiger charge is 2.28. The van der Waals surface area contributed by atoms with Crippen LogP contribution in [0.4, 0.5) is 0 Å². The maximum Gasteiger partial charge on any atom is 0.164 e. The lowest BCUT2D eigenvalue weighted by atomic mass is 9.97. The van der Waals surface area contributed by atoms with Crippen molar-refractivity contribution in [3.8, 4) is 11.5 Å². The molecule has 1 unspecified atom stereocenters. The topological polar surface area (TPSA) is 41.9 Å². The Hall–Kier alpha value is -1.26. The van der Waals surface area contributed by atoms with Crippen molar-refractivity contribution >= 4 is 0 Å². The molecule has 0 bridgehead atoms. The Balaban J connectivity index is 1.80. The van der Waals surface area contributed by atoms with Gasteiger partial charge in [-0.2, -0.15) is 0 Å². The van der Waals surface area contributed by atoms with E-state index in [1.54, 1.807) is 0 Å². The van der Waals surface area contributed by atoms with Crippen LogP contribution in [0.15, 0.2) is 18.2 Å². The van der Waals surface area contributed by atoms with Crippen LogP contribution in [0.3, 0.4) is 0 Å². The van der Waals surface area contributed by atoms with Crippen molar-refractivity contribution < 1.29 is 14.6 Å². The summed E-state index contributed by atoms with van der Waals surface area (Å²) in [5, 5.41) is 8.99. The number of nitrogens with zero attached hydrogens (tertiary/aromatic N) is 1. The highest BCUT2D eigenvalue weighted by atomic mass is 16.6. The van der Waals surface area contributed by atoms with Crippen molar-refractivity contribution in [2.75, 3.05) is 39.5 Å². The molecule has 18 heavy (non-hydrogen) atoms. The van der Waals surface area contributed by atoms with Crippen LogP contribution in [0.1, 0.15) is 17.9 Å². The van der Waals surface area contributed by atoms with E-state index in [1.165, 1.54) is 5.56 Å². The first-order chi connectivity index (χ1) is 8.88. The molecule has 1 aromatic carbocycles. The van der Waals surface area contributed by atoms with Crippen molar-refractivity contribution in [2.45, 2.75) is 12.3 Å². The molecule has 3 rings (SSSR count). The van der Waals surface area contributed by atoms with Gasteiger partial charge in [0.25, 0.3) is 0 Å². The standard InChI is InChI=1S/C14H19NO3/c16-7-6-15-5-4-11(10-15)12-2-1-3-13-14(12)18-9-8-17-13/h1-3,11,16H,4-10H2. The molecule has 0 spiro atoms. The number of para-hydroxylation sites is 1. The van der Waals surface area contributed by atoms with E-state index in [1.807, 2.05) is 12.1 Å². The van der Waals surface area contributed by atoms with Gasteiger partial charge in [-0.3, -0.25) is 0 Å². The number of ether oxygens (including phenoxy) is 2. The predicted molar refractivity (Wildman–Crippen MR) is 68.3 cm³/mol. The van der Waals surface area contributed by atoms with Crippen molar-refractivity contribution in [2.24, 2.45) is 0 Å². The number of rotatable bonds is 3. The Kier molecular flexibility index (Phi) is 3.39. The van der Waals surface area contributed by atoms with E-state index in [2.05, 4.69) is 11.0 Å². The Labute approximate surface area is 107 Å². The van der Waals surface area contributed by atoms with Gasteiger partial charge in [0.1, 0.15) is 13.2 Å². The van der Waals surface area contributed by atoms with Crippen LogP contribution in [-0.4, -0.2) is 49.5 Å². The van der Waals surface area contributed by atoms with Crippen LogP contribution in [0.2, 0.25) is 0 Å². The monoisotopic (exact) mass is 249 g/mol. The Morgan fingerprint density at radius 3 is 3.06 bits per heavy atom. The quantitative estimate of drug-likeness (QED) is 0.875. The lowest BCUT2D eigenvalue weighted by Gasteiger charge is -2.23. The SMILES string of the molecule is OCCN1CCC(c2cccc3c2OCCO3)C1. The first-order valence-electron chi connectivity index (χ1n) is 6.60. The third-order valence-electron chi connectivity index (χ3n) is 3.73. The highest BCUT2D eigenvalue weighted by molar-refractivity contribution is 5.49. The van der Waals surface area contributed by atoms with Gasteiger partial charge in [-0.1, -0.05) is 12.1 Å². The maximum absolute atomic E-state index is 8.99. The molecule has 1 fully saturated rings. The van der Waals surface area contributed by atoms with Gasteiger partial charge in [-0.05, 0) is 19.0 Å². The first-order valence-corrected chi connectivity index (χ1v) is 6.60. The summed E-state index contributed by atoms with van der Waals surface area (Å²) in [5.41, 5.74) is 1.26. The number of hydrogen-bond donors (Lipinski definition) is 1. The summed E-state index contributed by atoms with van der Waals surface area (Å²) < 4.78 is 11.4. The summed E-state index contributed by atoms with van der Waals surface area (Å²) in [6.45, 7) is 4.33. The molecule has 1 aromatic rings. The van der Waals surface area contributed by atoms with Crippen molar-refractivity contribution in [3.63, 3.8) is 0 Å². The second kappa shape index (κ2) is 5.16. The fraction of sp³-hybridized carbons (Fsp3) is 0.571. The average molecular weight is 249 g/mol. The maximum atomic E-state index is 8.99. The lowest BCUT2D eigenvalue weighted by molar-refractivity contribution is 0.169. The van der Waals surface area contributed by atoms with Gasteiger partial charge < -0.3 is 19.5 Å². The van der Waals surface area contributed by atoms with Gasteiger partial charge in [-0.25, -0.2) is 0 Å². The van der Waals surface area contributed by atoms with Crippen LogP contribution in [0, 0.1) is 0 Å². The number of fused-ring (bicyclic) bond motifs is 1. The molecular weight excluding hydrogens is 230 g/mol. The fourth-order valence-electron chi connectivity index (χ4n) is 2.85. The highest BCUT2D eigenvalue weighted by Crippen LogP contribution is 2.40. The zero-order valence-electron chi connectivity index (χ0n) is 10.5. The third-order valence-corrected chi connectivity index (χ3v) is 3.73. The molecule has 1 saturated heterocycles. The zero-order valence-corrected chi connectivity index (χ0v) is 10.5. The molecule has 0 amide bonds. The summed E-state index contributed by atoms with van der Waals surface area (Å²) in [4.78, 5) is 2.30. The fourth-order valence-corrected chi connectivity index (χ4v) is 2.85. The number of hydrogen-bond acceptors (Lipinski definition) is 4. The normalized spacial score (nSPS) is 23.3. The van der Waals surface area contributed by atoms with E-state index in [0.717, 1.165) is 37.6 Å². The number of aliphatic hydroxyl groups is 1. The molecule has 0 aromatic heterocycles. The number of β-amino-alcohol motifs (C(OH)–C–C–N with tert-alkyl or cyclic N) is 1.